The SMILES string of the molecule is CN(C)C1=CCCCC1.[Cl][Ti]([Cl])([Cl])[Cl]. The van der Waals surface area contributed by atoms with Gasteiger partial charge in [0.2, 0.25) is 0 Å². The molecule has 0 fully saturated rings. The van der Waals surface area contributed by atoms with Gasteiger partial charge in [0.15, 0.2) is 0 Å². The van der Waals surface area contributed by atoms with Gasteiger partial charge < -0.3 is 4.90 Å². The Morgan fingerprint density at radius 2 is 1.64 bits per heavy atom. The molecule has 0 saturated heterocycles. The Labute approximate surface area is 105 Å². The van der Waals surface area contributed by atoms with Gasteiger partial charge in [-0.2, -0.15) is 0 Å². The Balaban J connectivity index is 0.000000292. The van der Waals surface area contributed by atoms with Crippen molar-refractivity contribution in [2.24, 2.45) is 0 Å². The molecule has 0 N–H and O–H groups in total. The summed E-state index contributed by atoms with van der Waals surface area (Å²) in [7, 11) is 24.3. The molecule has 0 radical (unpaired) electrons. The zero-order chi connectivity index (χ0) is 11.2. The fourth-order valence-electron chi connectivity index (χ4n) is 1.23. The average molecular weight is 315 g/mol. The standard InChI is InChI=1S/C8H15N.4ClH.Ti/c1-9(2)8-6-4-3-5-7-8;;;;;/h6H,3-5,7H2,1-2H3;4*1H;/q;;;;;+4/p-4. The van der Waals surface area contributed by atoms with Crippen molar-refractivity contribution in [3.05, 3.63) is 11.8 Å². The number of hydrogen-bond donors (Lipinski definition) is 0. The first kappa shape index (κ1) is 15.4. The molecule has 14 heavy (non-hydrogen) atoms. The van der Waals surface area contributed by atoms with E-state index in [0.717, 1.165) is 0 Å². The maximum absolute atomic E-state index is 5.01. The number of nitrogens with zero attached hydrogens (tertiary/aromatic N) is 1. The van der Waals surface area contributed by atoms with Crippen molar-refractivity contribution in [1.29, 1.82) is 0 Å². The van der Waals surface area contributed by atoms with Crippen molar-refractivity contribution in [3.8, 4) is 0 Å². The molecule has 0 amide bonds. The molecule has 1 nitrogen and oxygen atoms in total. The van der Waals surface area contributed by atoms with Crippen LogP contribution in [0.5, 0.6) is 0 Å². The molecule has 1 aliphatic rings. The van der Waals surface area contributed by atoms with Crippen LogP contribution in [0.4, 0.5) is 0 Å². The summed E-state index contributed by atoms with van der Waals surface area (Å²) in [6.45, 7) is 0. The van der Waals surface area contributed by atoms with Gasteiger partial charge in [0.1, 0.15) is 0 Å². The predicted octanol–water partition coefficient (Wildman–Crippen LogP) is 4.76. The van der Waals surface area contributed by atoms with Gasteiger partial charge in [0.05, 0.1) is 0 Å². The summed E-state index contributed by atoms with van der Waals surface area (Å²) in [5, 5.41) is 0. The molecule has 84 valence electrons. The quantitative estimate of drug-likeness (QED) is 0.631. The Morgan fingerprint density at radius 3 is 1.86 bits per heavy atom. The van der Waals surface area contributed by atoms with Crippen LogP contribution in [-0.2, 0) is 12.3 Å². The van der Waals surface area contributed by atoms with Crippen molar-refractivity contribution < 1.29 is 12.3 Å². The Morgan fingerprint density at radius 1 is 1.14 bits per heavy atom. The minimum atomic E-state index is -3.11. The van der Waals surface area contributed by atoms with Crippen LogP contribution in [0.15, 0.2) is 11.8 Å². The first-order chi connectivity index (χ1) is 6.30. The third kappa shape index (κ3) is 11.5. The second-order valence-electron chi connectivity index (χ2n) is 3.26. The summed E-state index contributed by atoms with van der Waals surface area (Å²) < 4.78 is 0. The summed E-state index contributed by atoms with van der Waals surface area (Å²) in [5.41, 5.74) is 1.52. The van der Waals surface area contributed by atoms with E-state index in [2.05, 4.69) is 25.1 Å². The molecule has 0 heterocycles. The third-order valence-electron chi connectivity index (χ3n) is 1.84. The van der Waals surface area contributed by atoms with Crippen LogP contribution in [0.3, 0.4) is 0 Å². The zero-order valence-electron chi connectivity index (χ0n) is 8.36. The van der Waals surface area contributed by atoms with E-state index in [-0.39, 0.29) is 0 Å². The summed E-state index contributed by atoms with van der Waals surface area (Å²) in [6, 6.07) is 0. The number of rotatable bonds is 1. The predicted molar refractivity (Wildman–Crippen MR) is 63.7 cm³/mol. The molecule has 1 rings (SSSR count). The molecule has 0 saturated carbocycles. The van der Waals surface area contributed by atoms with E-state index in [1.54, 1.807) is 0 Å². The van der Waals surface area contributed by atoms with Gasteiger partial charge in [-0.1, -0.05) is 6.08 Å². The zero-order valence-corrected chi connectivity index (χ0v) is 13.0. The first-order valence-corrected chi connectivity index (χ1v) is 13.0. The van der Waals surface area contributed by atoms with E-state index in [0.29, 0.717) is 0 Å². The second kappa shape index (κ2) is 7.65. The number of halogens is 4. The molecular weight excluding hydrogens is 300 g/mol. The van der Waals surface area contributed by atoms with E-state index < -0.39 is 12.3 Å². The molecule has 0 spiro atoms. The van der Waals surface area contributed by atoms with Crippen molar-refractivity contribution in [2.75, 3.05) is 14.1 Å². The molecule has 0 aliphatic heterocycles. The second-order valence-corrected chi connectivity index (χ2v) is 18.7. The van der Waals surface area contributed by atoms with Gasteiger partial charge in [0.25, 0.3) is 0 Å². The molecule has 0 aromatic rings. The van der Waals surface area contributed by atoms with Gasteiger partial charge in [-0.3, -0.25) is 0 Å². The fourth-order valence-corrected chi connectivity index (χ4v) is 1.23. The molecule has 0 aromatic heterocycles. The van der Waals surface area contributed by atoms with Crippen LogP contribution >= 0.6 is 37.2 Å². The van der Waals surface area contributed by atoms with Crippen LogP contribution in [0.25, 0.3) is 0 Å². The summed E-state index contributed by atoms with van der Waals surface area (Å²) in [6.07, 6.45) is 7.69. The van der Waals surface area contributed by atoms with Crippen molar-refractivity contribution in [1.82, 2.24) is 4.90 Å². The Hall–Kier alpha value is 1.41. The summed E-state index contributed by atoms with van der Waals surface area (Å²) in [4.78, 5) is 2.22. The molecule has 0 atom stereocenters. The van der Waals surface area contributed by atoms with Gasteiger partial charge in [-0.05, 0) is 25.7 Å². The van der Waals surface area contributed by atoms with Crippen molar-refractivity contribution in [2.45, 2.75) is 25.7 Å². The van der Waals surface area contributed by atoms with E-state index in [1.165, 1.54) is 31.4 Å². The molecule has 1 aliphatic carbocycles. The van der Waals surface area contributed by atoms with Crippen LogP contribution in [0.1, 0.15) is 25.7 Å². The first-order valence-electron chi connectivity index (χ1n) is 4.42. The Bertz CT molecular complexity index is 182. The van der Waals surface area contributed by atoms with Gasteiger partial charge >= 0.3 is 49.6 Å². The maximum atomic E-state index is 5.01. The van der Waals surface area contributed by atoms with Crippen LogP contribution in [0.2, 0.25) is 0 Å². The molecular formula is C8H15Cl4NTi. The molecule has 0 unspecified atom stereocenters. The van der Waals surface area contributed by atoms with Gasteiger partial charge in [0, 0.05) is 19.8 Å². The topological polar surface area (TPSA) is 3.24 Å². The van der Waals surface area contributed by atoms with Gasteiger partial charge in [-0.15, -0.1) is 0 Å². The Kier molecular flexibility index (Phi) is 8.42. The van der Waals surface area contributed by atoms with E-state index in [9.17, 15) is 0 Å². The third-order valence-corrected chi connectivity index (χ3v) is 1.84. The van der Waals surface area contributed by atoms with E-state index in [1.807, 2.05) is 0 Å². The van der Waals surface area contributed by atoms with E-state index in [4.69, 9.17) is 37.2 Å². The number of hydrogen-bond acceptors (Lipinski definition) is 1. The normalized spacial score (nSPS) is 16.6. The molecule has 6 heteroatoms. The summed E-state index contributed by atoms with van der Waals surface area (Å²) in [5.74, 6) is 0. The van der Waals surface area contributed by atoms with Crippen LogP contribution in [-0.4, -0.2) is 19.0 Å². The van der Waals surface area contributed by atoms with Crippen LogP contribution < -0.4 is 0 Å². The van der Waals surface area contributed by atoms with Gasteiger partial charge in [-0.25, -0.2) is 0 Å². The fraction of sp³-hybridized carbons (Fsp3) is 0.750. The molecule has 0 aromatic carbocycles. The monoisotopic (exact) mass is 313 g/mol. The average Bonchev–Trinajstić information content (AvgIpc) is 2.03. The van der Waals surface area contributed by atoms with Crippen molar-refractivity contribution >= 4 is 37.2 Å². The van der Waals surface area contributed by atoms with Crippen LogP contribution in [0, 0.1) is 0 Å². The van der Waals surface area contributed by atoms with E-state index >= 15 is 0 Å². The van der Waals surface area contributed by atoms with Crippen molar-refractivity contribution in [3.63, 3.8) is 0 Å². The minimum absolute atomic E-state index is 1.28. The summed E-state index contributed by atoms with van der Waals surface area (Å²) >= 11 is -3.11. The molecule has 0 bridgehead atoms. The number of allylic oxidation sites excluding steroid dienone is 2.